The summed E-state index contributed by atoms with van der Waals surface area (Å²) in [4.78, 5) is 1.59. The summed E-state index contributed by atoms with van der Waals surface area (Å²) in [6.45, 7) is 6.89. The van der Waals surface area contributed by atoms with Crippen LogP contribution in [0.3, 0.4) is 0 Å². The Kier molecular flexibility index (Phi) is 12.1. The third-order valence-electron chi connectivity index (χ3n) is 4.07. The maximum atomic E-state index is 2.51. The van der Waals surface area contributed by atoms with E-state index in [1.54, 1.807) is 4.91 Å². The average molecular weight is 333 g/mol. The predicted molar refractivity (Wildman–Crippen MR) is 108 cm³/mol. The van der Waals surface area contributed by atoms with Gasteiger partial charge >= 0.3 is 0 Å². The minimum atomic E-state index is 0.686. The summed E-state index contributed by atoms with van der Waals surface area (Å²) in [5.74, 6) is 0. The normalized spacial score (nSPS) is 12.1. The Morgan fingerprint density at radius 3 is 2.26 bits per heavy atom. The molecule has 0 unspecified atom stereocenters. The lowest BCUT2D eigenvalue weighted by molar-refractivity contribution is 0.592. The van der Waals surface area contributed by atoms with Crippen molar-refractivity contribution in [3.05, 3.63) is 46.9 Å². The Morgan fingerprint density at radius 1 is 0.957 bits per heavy atom. The summed E-state index contributed by atoms with van der Waals surface area (Å²) in [5.41, 5.74) is 1.46. The third-order valence-corrected chi connectivity index (χ3v) is 5.21. The summed E-state index contributed by atoms with van der Waals surface area (Å²) in [7, 11) is 0. The molecule has 0 heterocycles. The second-order valence-corrected chi connectivity index (χ2v) is 8.44. The van der Waals surface area contributed by atoms with E-state index in [1.807, 2.05) is 0 Å². The van der Waals surface area contributed by atoms with Gasteiger partial charge in [0.05, 0.1) is 0 Å². The molecule has 0 saturated carbocycles. The number of allylic oxidation sites excluding steroid dienone is 2. The van der Waals surface area contributed by atoms with Crippen LogP contribution in [0.2, 0.25) is 0 Å². The van der Waals surface area contributed by atoms with Gasteiger partial charge in [0.15, 0.2) is 0 Å². The van der Waals surface area contributed by atoms with E-state index in [2.05, 4.69) is 68.9 Å². The molecule has 0 amide bonds. The van der Waals surface area contributed by atoms with Crippen molar-refractivity contribution in [2.24, 2.45) is 0 Å². The molecule has 130 valence electrons. The van der Waals surface area contributed by atoms with Crippen molar-refractivity contribution in [3.63, 3.8) is 0 Å². The lowest BCUT2D eigenvalue weighted by atomic mass is 10.1. The van der Waals surface area contributed by atoms with Crippen LogP contribution in [0.1, 0.15) is 84.1 Å². The second kappa shape index (κ2) is 13.7. The number of benzene rings is 1. The van der Waals surface area contributed by atoms with E-state index in [4.69, 9.17) is 0 Å². The van der Waals surface area contributed by atoms with Crippen molar-refractivity contribution in [2.45, 2.75) is 90.2 Å². The van der Waals surface area contributed by atoms with Crippen LogP contribution in [0.25, 0.3) is 0 Å². The maximum absolute atomic E-state index is 2.51. The predicted octanol–water partition coefficient (Wildman–Crippen LogP) is 7.79. The molecule has 0 nitrogen and oxygen atoms in total. The summed E-state index contributed by atoms with van der Waals surface area (Å²) >= 11 is 2.05. The van der Waals surface area contributed by atoms with Gasteiger partial charge in [0, 0.05) is 5.25 Å². The average Bonchev–Trinajstić information content (AvgIpc) is 2.55. The largest absolute Gasteiger partial charge is 0.128 e. The van der Waals surface area contributed by atoms with Crippen LogP contribution in [0.15, 0.2) is 41.3 Å². The van der Waals surface area contributed by atoms with Crippen molar-refractivity contribution in [2.75, 3.05) is 0 Å². The topological polar surface area (TPSA) is 0 Å². The SMILES string of the molecule is CCCCCCCCC/C=C(\CCc1ccccc1)SC(C)C. The van der Waals surface area contributed by atoms with Crippen molar-refractivity contribution < 1.29 is 0 Å². The van der Waals surface area contributed by atoms with E-state index in [1.165, 1.54) is 69.8 Å². The minimum Gasteiger partial charge on any atom is -0.128 e. The van der Waals surface area contributed by atoms with Gasteiger partial charge in [0.1, 0.15) is 0 Å². The zero-order valence-electron chi connectivity index (χ0n) is 15.5. The molecule has 0 aromatic heterocycles. The molecule has 0 fully saturated rings. The zero-order valence-corrected chi connectivity index (χ0v) is 16.3. The van der Waals surface area contributed by atoms with Crippen molar-refractivity contribution in [1.82, 2.24) is 0 Å². The van der Waals surface area contributed by atoms with Crippen molar-refractivity contribution in [1.29, 1.82) is 0 Å². The molecule has 0 radical (unpaired) electrons. The number of hydrogen-bond acceptors (Lipinski definition) is 1. The summed E-state index contributed by atoms with van der Waals surface area (Å²) in [6, 6.07) is 10.9. The molecule has 0 spiro atoms. The third kappa shape index (κ3) is 11.5. The quantitative estimate of drug-likeness (QED) is 0.332. The fraction of sp³-hybridized carbons (Fsp3) is 0.636. The van der Waals surface area contributed by atoms with Gasteiger partial charge in [-0.3, -0.25) is 0 Å². The van der Waals surface area contributed by atoms with Gasteiger partial charge in [-0.25, -0.2) is 0 Å². The first kappa shape index (κ1) is 20.4. The van der Waals surface area contributed by atoms with Crippen LogP contribution in [-0.4, -0.2) is 5.25 Å². The summed E-state index contributed by atoms with van der Waals surface area (Å²) in [5, 5.41) is 0.686. The van der Waals surface area contributed by atoms with E-state index in [9.17, 15) is 0 Å². The van der Waals surface area contributed by atoms with E-state index < -0.39 is 0 Å². The molecule has 0 bridgehead atoms. The van der Waals surface area contributed by atoms with Gasteiger partial charge in [0.25, 0.3) is 0 Å². The molecule has 0 saturated heterocycles. The molecule has 23 heavy (non-hydrogen) atoms. The van der Waals surface area contributed by atoms with E-state index in [0.29, 0.717) is 5.25 Å². The second-order valence-electron chi connectivity index (χ2n) is 6.73. The zero-order chi connectivity index (χ0) is 16.8. The monoisotopic (exact) mass is 332 g/mol. The molecular weight excluding hydrogens is 296 g/mol. The minimum absolute atomic E-state index is 0.686. The standard InChI is InChI=1S/C22H36S/c1-4-5-6-7-8-9-10-14-17-22(23-20(2)3)19-18-21-15-12-11-13-16-21/h11-13,15-17,20H,4-10,14,18-19H2,1-3H3/b22-17+. The number of thioether (sulfide) groups is 1. The Balaban J connectivity index is 2.26. The van der Waals surface area contributed by atoms with Crippen LogP contribution in [0.5, 0.6) is 0 Å². The number of unbranched alkanes of at least 4 members (excludes halogenated alkanes) is 7. The number of rotatable bonds is 13. The molecule has 0 aliphatic rings. The van der Waals surface area contributed by atoms with Gasteiger partial charge < -0.3 is 0 Å². The summed E-state index contributed by atoms with van der Waals surface area (Å²) < 4.78 is 0. The van der Waals surface area contributed by atoms with Gasteiger partial charge in [-0.1, -0.05) is 95.7 Å². The summed E-state index contributed by atoms with van der Waals surface area (Å²) in [6.07, 6.45) is 15.9. The van der Waals surface area contributed by atoms with E-state index in [-0.39, 0.29) is 0 Å². The van der Waals surface area contributed by atoms with Gasteiger partial charge in [0.2, 0.25) is 0 Å². The maximum Gasteiger partial charge on any atom is 0.00344 e. The Labute approximate surface area is 149 Å². The first-order valence-corrected chi connectivity index (χ1v) is 10.5. The molecule has 0 atom stereocenters. The van der Waals surface area contributed by atoms with Crippen LogP contribution in [-0.2, 0) is 6.42 Å². The molecule has 0 N–H and O–H groups in total. The first-order valence-electron chi connectivity index (χ1n) is 9.62. The van der Waals surface area contributed by atoms with Crippen molar-refractivity contribution in [3.8, 4) is 0 Å². The molecule has 1 aromatic rings. The Morgan fingerprint density at radius 2 is 1.61 bits per heavy atom. The molecular formula is C22H36S. The van der Waals surface area contributed by atoms with Crippen LogP contribution >= 0.6 is 11.8 Å². The lowest BCUT2D eigenvalue weighted by Gasteiger charge is -2.10. The smallest absolute Gasteiger partial charge is 0.00344 e. The van der Waals surface area contributed by atoms with Gasteiger partial charge in [-0.15, -0.1) is 11.8 Å². The first-order chi connectivity index (χ1) is 11.2. The molecule has 1 heteroatoms. The molecule has 0 aliphatic heterocycles. The van der Waals surface area contributed by atoms with Crippen LogP contribution < -0.4 is 0 Å². The number of hydrogen-bond donors (Lipinski definition) is 0. The van der Waals surface area contributed by atoms with E-state index >= 15 is 0 Å². The van der Waals surface area contributed by atoms with Gasteiger partial charge in [-0.05, 0) is 36.2 Å². The fourth-order valence-corrected chi connectivity index (χ4v) is 3.83. The fourth-order valence-electron chi connectivity index (χ4n) is 2.79. The molecule has 1 rings (SSSR count). The van der Waals surface area contributed by atoms with E-state index in [0.717, 1.165) is 0 Å². The molecule has 0 aliphatic carbocycles. The number of aryl methyl sites for hydroxylation is 1. The highest BCUT2D eigenvalue weighted by atomic mass is 32.2. The highest BCUT2D eigenvalue weighted by Crippen LogP contribution is 2.27. The highest BCUT2D eigenvalue weighted by Gasteiger charge is 2.03. The Hall–Kier alpha value is -0.690. The van der Waals surface area contributed by atoms with Crippen molar-refractivity contribution >= 4 is 11.8 Å². The Bertz CT molecular complexity index is 405. The lowest BCUT2D eigenvalue weighted by Crippen LogP contribution is -1.92. The molecule has 1 aromatic carbocycles. The van der Waals surface area contributed by atoms with Crippen LogP contribution in [0, 0.1) is 0 Å². The van der Waals surface area contributed by atoms with Crippen LogP contribution in [0.4, 0.5) is 0 Å². The highest BCUT2D eigenvalue weighted by molar-refractivity contribution is 8.03. The van der Waals surface area contributed by atoms with Gasteiger partial charge in [-0.2, -0.15) is 0 Å².